The molecule has 206 valence electrons. The van der Waals surface area contributed by atoms with Gasteiger partial charge in [-0.05, 0) is 34.7 Å². The van der Waals surface area contributed by atoms with Gasteiger partial charge in [0.15, 0.2) is 0 Å². The Bertz CT molecular complexity index is 1230. The van der Waals surface area contributed by atoms with Gasteiger partial charge in [-0.3, -0.25) is 19.7 Å². The van der Waals surface area contributed by atoms with Crippen LogP contribution in [-0.2, 0) is 28.3 Å². The summed E-state index contributed by atoms with van der Waals surface area (Å²) < 4.78 is 5.37. The van der Waals surface area contributed by atoms with Crippen LogP contribution in [0.3, 0.4) is 0 Å². The SMILES string of the molecule is COc1cccc(CN(C(=O)CSCc2ccc([N+](=O)[O-])cc2)C(Cc2ccccc2)C(=O)NCC(C)C)c1. The molecule has 8 nitrogen and oxygen atoms in total. The van der Waals surface area contributed by atoms with Gasteiger partial charge in [0.1, 0.15) is 11.8 Å². The highest BCUT2D eigenvalue weighted by Gasteiger charge is 2.30. The highest BCUT2D eigenvalue weighted by molar-refractivity contribution is 7.99. The molecule has 2 amide bonds. The van der Waals surface area contributed by atoms with Gasteiger partial charge < -0.3 is 15.0 Å². The van der Waals surface area contributed by atoms with Crippen LogP contribution in [0.2, 0.25) is 0 Å². The largest absolute Gasteiger partial charge is 0.497 e. The number of nitro groups is 1. The Morgan fingerprint density at radius 2 is 1.67 bits per heavy atom. The number of hydrogen-bond donors (Lipinski definition) is 1. The minimum absolute atomic E-state index is 0.0282. The molecule has 1 unspecified atom stereocenters. The highest BCUT2D eigenvalue weighted by atomic mass is 32.2. The standard InChI is InChI=1S/C30H35N3O5S/c1-22(2)18-31-30(35)28(17-23-8-5-4-6-9-23)32(19-25-10-7-11-27(16-25)38-3)29(34)21-39-20-24-12-14-26(15-13-24)33(36)37/h4-16,22,28H,17-21H2,1-3H3,(H,31,35). The van der Waals surface area contributed by atoms with Crippen LogP contribution >= 0.6 is 11.8 Å². The Balaban J connectivity index is 1.83. The van der Waals surface area contributed by atoms with Crippen molar-refractivity contribution in [3.63, 3.8) is 0 Å². The van der Waals surface area contributed by atoms with Crippen molar-refractivity contribution in [3.8, 4) is 5.75 Å². The molecular formula is C30H35N3O5S. The summed E-state index contributed by atoms with van der Waals surface area (Å²) in [5.41, 5.74) is 2.73. The molecule has 3 aromatic rings. The smallest absolute Gasteiger partial charge is 0.269 e. The van der Waals surface area contributed by atoms with Gasteiger partial charge in [0.2, 0.25) is 11.8 Å². The number of non-ortho nitro benzene ring substituents is 1. The van der Waals surface area contributed by atoms with Gasteiger partial charge >= 0.3 is 0 Å². The Hall–Kier alpha value is -3.85. The molecule has 0 aliphatic rings. The number of amides is 2. The first-order valence-electron chi connectivity index (χ1n) is 12.8. The fraction of sp³-hybridized carbons (Fsp3) is 0.333. The van der Waals surface area contributed by atoms with Gasteiger partial charge in [-0.25, -0.2) is 0 Å². The lowest BCUT2D eigenvalue weighted by Gasteiger charge is -2.32. The van der Waals surface area contributed by atoms with E-state index in [9.17, 15) is 19.7 Å². The summed E-state index contributed by atoms with van der Waals surface area (Å²) in [7, 11) is 1.59. The zero-order valence-corrected chi connectivity index (χ0v) is 23.4. The first kappa shape index (κ1) is 29.7. The maximum Gasteiger partial charge on any atom is 0.269 e. The zero-order chi connectivity index (χ0) is 28.2. The van der Waals surface area contributed by atoms with E-state index in [2.05, 4.69) is 5.32 Å². The van der Waals surface area contributed by atoms with Crippen LogP contribution in [0.4, 0.5) is 5.69 Å². The van der Waals surface area contributed by atoms with E-state index in [0.717, 1.165) is 16.7 Å². The number of hydrogen-bond acceptors (Lipinski definition) is 6. The van der Waals surface area contributed by atoms with E-state index in [4.69, 9.17) is 4.74 Å². The minimum atomic E-state index is -0.704. The van der Waals surface area contributed by atoms with Crippen LogP contribution < -0.4 is 10.1 Å². The lowest BCUT2D eigenvalue weighted by Crippen LogP contribution is -2.51. The summed E-state index contributed by atoms with van der Waals surface area (Å²) in [6, 6.07) is 22.8. The normalized spacial score (nSPS) is 11.6. The first-order chi connectivity index (χ1) is 18.8. The van der Waals surface area contributed by atoms with E-state index in [1.54, 1.807) is 24.1 Å². The van der Waals surface area contributed by atoms with Crippen molar-refractivity contribution in [2.45, 2.75) is 38.6 Å². The quantitative estimate of drug-likeness (QED) is 0.218. The molecule has 0 radical (unpaired) electrons. The lowest BCUT2D eigenvalue weighted by molar-refractivity contribution is -0.384. The molecule has 0 fully saturated rings. The summed E-state index contributed by atoms with van der Waals surface area (Å²) in [5, 5.41) is 13.9. The Morgan fingerprint density at radius 3 is 2.31 bits per heavy atom. The number of nitrogens with one attached hydrogen (secondary N) is 1. The molecule has 0 aromatic heterocycles. The Morgan fingerprint density at radius 1 is 0.974 bits per heavy atom. The Kier molecular flexibility index (Phi) is 11.4. The van der Waals surface area contributed by atoms with Crippen molar-refractivity contribution in [3.05, 3.63) is 106 Å². The molecule has 0 saturated heterocycles. The number of ether oxygens (including phenoxy) is 1. The van der Waals surface area contributed by atoms with Gasteiger partial charge in [-0.2, -0.15) is 0 Å². The van der Waals surface area contributed by atoms with Crippen molar-refractivity contribution >= 4 is 29.3 Å². The molecule has 1 N–H and O–H groups in total. The van der Waals surface area contributed by atoms with Gasteiger partial charge in [-0.1, -0.05) is 68.4 Å². The molecule has 3 rings (SSSR count). The van der Waals surface area contributed by atoms with E-state index in [-0.39, 0.29) is 35.7 Å². The molecule has 3 aromatic carbocycles. The van der Waals surface area contributed by atoms with Crippen LogP contribution in [-0.4, -0.2) is 47.1 Å². The van der Waals surface area contributed by atoms with Crippen LogP contribution in [0.5, 0.6) is 5.75 Å². The summed E-state index contributed by atoms with van der Waals surface area (Å²) in [5.74, 6) is 1.26. The van der Waals surface area contributed by atoms with E-state index in [1.165, 1.54) is 23.9 Å². The molecule has 9 heteroatoms. The average Bonchev–Trinajstić information content (AvgIpc) is 2.94. The maximum absolute atomic E-state index is 13.7. The van der Waals surface area contributed by atoms with E-state index >= 15 is 0 Å². The molecule has 1 atom stereocenters. The molecule has 0 saturated carbocycles. The van der Waals surface area contributed by atoms with Gasteiger partial charge in [0.25, 0.3) is 5.69 Å². The second-order valence-corrected chi connectivity index (χ2v) is 10.6. The Labute approximate surface area is 233 Å². The fourth-order valence-corrected chi connectivity index (χ4v) is 4.87. The molecule has 0 bridgehead atoms. The monoisotopic (exact) mass is 549 g/mol. The van der Waals surface area contributed by atoms with Crippen molar-refractivity contribution in [1.29, 1.82) is 0 Å². The molecule has 0 aliphatic heterocycles. The van der Waals surface area contributed by atoms with Crippen LogP contribution in [0.1, 0.15) is 30.5 Å². The summed E-state index contributed by atoms with van der Waals surface area (Å²) in [6.07, 6.45) is 0.382. The van der Waals surface area contributed by atoms with Crippen LogP contribution in [0.15, 0.2) is 78.9 Å². The number of carbonyl (C=O) groups is 2. The maximum atomic E-state index is 13.7. The van der Waals surface area contributed by atoms with Crippen molar-refractivity contribution in [1.82, 2.24) is 10.2 Å². The summed E-state index contributed by atoms with van der Waals surface area (Å²) in [6.45, 7) is 4.82. The molecule has 0 heterocycles. The number of thioether (sulfide) groups is 1. The highest BCUT2D eigenvalue weighted by Crippen LogP contribution is 2.21. The van der Waals surface area contributed by atoms with Gasteiger partial charge in [0, 0.05) is 37.4 Å². The molecular weight excluding hydrogens is 514 g/mol. The second-order valence-electron chi connectivity index (χ2n) is 9.63. The topological polar surface area (TPSA) is 102 Å². The summed E-state index contributed by atoms with van der Waals surface area (Å²) in [4.78, 5) is 39.4. The molecule has 0 aliphatic carbocycles. The van der Waals surface area contributed by atoms with E-state index in [1.807, 2.05) is 68.4 Å². The van der Waals surface area contributed by atoms with Crippen LogP contribution in [0.25, 0.3) is 0 Å². The fourth-order valence-electron chi connectivity index (χ4n) is 4.00. The predicted octanol–water partition coefficient (Wildman–Crippen LogP) is 5.25. The molecule has 0 spiro atoms. The van der Waals surface area contributed by atoms with E-state index < -0.39 is 11.0 Å². The molecule has 39 heavy (non-hydrogen) atoms. The lowest BCUT2D eigenvalue weighted by atomic mass is 10.0. The first-order valence-corrected chi connectivity index (χ1v) is 14.0. The third-order valence-corrected chi connectivity index (χ3v) is 7.07. The third-order valence-electron chi connectivity index (χ3n) is 6.08. The zero-order valence-electron chi connectivity index (χ0n) is 22.5. The predicted molar refractivity (Wildman–Crippen MR) is 155 cm³/mol. The second kappa shape index (κ2) is 14.9. The van der Waals surface area contributed by atoms with Crippen molar-refractivity contribution < 1.29 is 19.2 Å². The minimum Gasteiger partial charge on any atom is -0.497 e. The number of nitro benzene ring substituents is 1. The van der Waals surface area contributed by atoms with Crippen molar-refractivity contribution in [2.24, 2.45) is 5.92 Å². The number of methoxy groups -OCH3 is 1. The van der Waals surface area contributed by atoms with Gasteiger partial charge in [-0.15, -0.1) is 11.8 Å². The number of nitrogens with zero attached hydrogens (tertiary/aromatic N) is 2. The third kappa shape index (κ3) is 9.44. The van der Waals surface area contributed by atoms with Crippen LogP contribution in [0, 0.1) is 16.0 Å². The van der Waals surface area contributed by atoms with E-state index in [0.29, 0.717) is 24.5 Å². The van der Waals surface area contributed by atoms with Crippen molar-refractivity contribution in [2.75, 3.05) is 19.4 Å². The van der Waals surface area contributed by atoms with Gasteiger partial charge in [0.05, 0.1) is 17.8 Å². The number of carbonyl (C=O) groups excluding carboxylic acids is 2. The number of rotatable bonds is 14. The average molecular weight is 550 g/mol. The number of benzene rings is 3. The summed E-state index contributed by atoms with van der Waals surface area (Å²) >= 11 is 1.41.